The lowest BCUT2D eigenvalue weighted by molar-refractivity contribution is 0.0984. The van der Waals surface area contributed by atoms with E-state index in [0.717, 1.165) is 50.2 Å². The highest BCUT2D eigenvalue weighted by molar-refractivity contribution is 5.65. The van der Waals surface area contributed by atoms with E-state index in [4.69, 9.17) is 14.7 Å². The number of morpholine rings is 1. The van der Waals surface area contributed by atoms with Gasteiger partial charge in [0.15, 0.2) is 12.2 Å². The van der Waals surface area contributed by atoms with Crippen molar-refractivity contribution in [3.63, 3.8) is 0 Å². The minimum Gasteiger partial charge on any atom is -0.377 e. The Balaban J connectivity index is 1.44. The highest BCUT2D eigenvalue weighted by Crippen LogP contribution is 2.34. The Labute approximate surface area is 175 Å². The Morgan fingerprint density at radius 3 is 2.90 bits per heavy atom. The Morgan fingerprint density at radius 1 is 1.27 bits per heavy atom. The molecule has 2 aromatic rings. The Bertz CT molecular complexity index is 936. The topological polar surface area (TPSA) is 82.5 Å². The number of benzene rings is 1. The molecule has 0 spiro atoms. The average molecular weight is 413 g/mol. The zero-order chi connectivity index (χ0) is 20.7. The van der Waals surface area contributed by atoms with Crippen LogP contribution in [-0.4, -0.2) is 53.3 Å². The summed E-state index contributed by atoms with van der Waals surface area (Å²) in [5, 5.41) is 15.9. The Hall–Kier alpha value is -2.29. The number of nitrogens with one attached hydrogen (secondary N) is 2. The molecule has 5 rings (SSSR count). The lowest BCUT2D eigenvalue weighted by Gasteiger charge is -2.35. The molecule has 2 fully saturated rings. The monoisotopic (exact) mass is 413 g/mol. The molecule has 2 unspecified atom stereocenters. The summed E-state index contributed by atoms with van der Waals surface area (Å²) in [4.78, 5) is 11.8. The summed E-state index contributed by atoms with van der Waals surface area (Å²) < 4.78 is 20.6. The zero-order valence-corrected chi connectivity index (χ0v) is 17.2. The molecule has 8 heteroatoms. The predicted octanol–water partition coefficient (Wildman–Crippen LogP) is 2.44. The average Bonchev–Trinajstić information content (AvgIpc) is 3.40. The zero-order valence-electron chi connectivity index (χ0n) is 17.2. The molecule has 1 aromatic heterocycles. The van der Waals surface area contributed by atoms with Crippen molar-refractivity contribution < 1.29 is 14.2 Å². The van der Waals surface area contributed by atoms with Crippen LogP contribution in [0.4, 0.5) is 15.9 Å². The minimum atomic E-state index is -0.895. The molecule has 30 heavy (non-hydrogen) atoms. The number of rotatable bonds is 6. The fraction of sp³-hybridized carbons (Fsp3) is 0.545. The Kier molecular flexibility index (Phi) is 5.30. The standard InChI is InChI=1S/C22H28FN5O2/c1-13-12-30-10-9-28(13)21-17-3-2-4-19(17)26-20(27-21)16-8-7-15(11-18(16)23)25-22(29)24-14-5-6-14/h7-8,11,13-14,22,24-25,29H,2-6,9-10,12H2,1H3. The molecule has 2 aliphatic carbocycles. The number of aromatic nitrogens is 2. The van der Waals surface area contributed by atoms with E-state index < -0.39 is 12.2 Å². The van der Waals surface area contributed by atoms with E-state index >= 15 is 4.39 Å². The number of hydrogen-bond donors (Lipinski definition) is 3. The van der Waals surface area contributed by atoms with Crippen LogP contribution in [0.15, 0.2) is 18.2 Å². The molecule has 1 saturated carbocycles. The SMILES string of the molecule is CC1COCCN1c1nc(-c2ccc(NC(O)NC3CC3)cc2F)nc2c1CCC2. The van der Waals surface area contributed by atoms with Crippen LogP contribution >= 0.6 is 0 Å². The highest BCUT2D eigenvalue weighted by atomic mass is 19.1. The first kappa shape index (κ1) is 19.7. The number of aliphatic hydroxyl groups excluding tert-OH is 1. The van der Waals surface area contributed by atoms with Crippen molar-refractivity contribution >= 4 is 11.5 Å². The van der Waals surface area contributed by atoms with E-state index in [0.29, 0.717) is 36.3 Å². The summed E-state index contributed by atoms with van der Waals surface area (Å²) in [6, 6.07) is 5.40. The van der Waals surface area contributed by atoms with Crippen LogP contribution in [0.5, 0.6) is 0 Å². The van der Waals surface area contributed by atoms with Gasteiger partial charge < -0.3 is 20.1 Å². The van der Waals surface area contributed by atoms with Crippen molar-refractivity contribution in [1.29, 1.82) is 0 Å². The van der Waals surface area contributed by atoms with Gasteiger partial charge in [-0.2, -0.15) is 0 Å². The van der Waals surface area contributed by atoms with Gasteiger partial charge in [-0.05, 0) is 57.2 Å². The molecular weight excluding hydrogens is 385 g/mol. The first-order valence-electron chi connectivity index (χ1n) is 10.8. The van der Waals surface area contributed by atoms with Gasteiger partial charge in [-0.15, -0.1) is 0 Å². The van der Waals surface area contributed by atoms with Gasteiger partial charge in [0.25, 0.3) is 0 Å². The molecule has 2 atom stereocenters. The molecule has 1 aliphatic heterocycles. The van der Waals surface area contributed by atoms with Gasteiger partial charge in [-0.25, -0.2) is 14.4 Å². The molecule has 0 bridgehead atoms. The maximum atomic E-state index is 15.0. The molecule has 1 aromatic carbocycles. The third kappa shape index (κ3) is 3.99. The lowest BCUT2D eigenvalue weighted by Crippen LogP contribution is -2.44. The van der Waals surface area contributed by atoms with Crippen LogP contribution in [0.1, 0.15) is 37.4 Å². The van der Waals surface area contributed by atoms with E-state index in [9.17, 15) is 5.11 Å². The molecule has 0 amide bonds. The third-order valence-corrected chi connectivity index (χ3v) is 6.04. The molecule has 7 nitrogen and oxygen atoms in total. The summed E-state index contributed by atoms with van der Waals surface area (Å²) >= 11 is 0. The summed E-state index contributed by atoms with van der Waals surface area (Å²) in [6.45, 7) is 4.25. The van der Waals surface area contributed by atoms with Crippen molar-refractivity contribution in [2.75, 3.05) is 30.0 Å². The molecule has 0 radical (unpaired) electrons. The number of aryl methyl sites for hydroxylation is 1. The van der Waals surface area contributed by atoms with Crippen LogP contribution in [0.3, 0.4) is 0 Å². The molecular formula is C22H28FN5O2. The van der Waals surface area contributed by atoms with Gasteiger partial charge in [0.1, 0.15) is 11.6 Å². The smallest absolute Gasteiger partial charge is 0.181 e. The van der Waals surface area contributed by atoms with Crippen molar-refractivity contribution in [1.82, 2.24) is 15.3 Å². The van der Waals surface area contributed by atoms with Gasteiger partial charge in [0.2, 0.25) is 0 Å². The first-order chi connectivity index (χ1) is 14.6. The second-order valence-electron chi connectivity index (χ2n) is 8.45. The molecule has 1 saturated heterocycles. The summed E-state index contributed by atoms with van der Waals surface area (Å²) in [6.07, 6.45) is 4.14. The second kappa shape index (κ2) is 8.09. The second-order valence-corrected chi connectivity index (χ2v) is 8.45. The van der Waals surface area contributed by atoms with Crippen molar-refractivity contribution in [3.8, 4) is 11.4 Å². The molecule has 2 heterocycles. The Morgan fingerprint density at radius 2 is 2.13 bits per heavy atom. The first-order valence-corrected chi connectivity index (χ1v) is 10.8. The van der Waals surface area contributed by atoms with Crippen molar-refractivity contribution in [2.45, 2.75) is 57.5 Å². The van der Waals surface area contributed by atoms with Crippen LogP contribution in [0.25, 0.3) is 11.4 Å². The van der Waals surface area contributed by atoms with E-state index in [-0.39, 0.29) is 6.04 Å². The van der Waals surface area contributed by atoms with Gasteiger partial charge in [0, 0.05) is 29.5 Å². The van der Waals surface area contributed by atoms with Crippen LogP contribution in [-0.2, 0) is 17.6 Å². The number of nitrogens with zero attached hydrogens (tertiary/aromatic N) is 3. The largest absolute Gasteiger partial charge is 0.377 e. The van der Waals surface area contributed by atoms with E-state index in [1.54, 1.807) is 12.1 Å². The summed E-state index contributed by atoms with van der Waals surface area (Å²) in [5.74, 6) is 0.941. The minimum absolute atomic E-state index is 0.225. The van der Waals surface area contributed by atoms with Gasteiger partial charge in [-0.3, -0.25) is 5.32 Å². The number of ether oxygens (including phenoxy) is 1. The number of hydrogen-bond acceptors (Lipinski definition) is 7. The lowest BCUT2D eigenvalue weighted by atomic mass is 10.1. The number of fused-ring (bicyclic) bond motifs is 1. The van der Waals surface area contributed by atoms with E-state index in [1.807, 2.05) is 0 Å². The number of aliphatic hydroxyl groups is 1. The van der Waals surface area contributed by atoms with Crippen molar-refractivity contribution in [2.24, 2.45) is 0 Å². The van der Waals surface area contributed by atoms with Gasteiger partial charge in [0.05, 0.1) is 24.8 Å². The normalized spacial score (nSPS) is 22.1. The number of anilines is 2. The fourth-order valence-electron chi connectivity index (χ4n) is 4.27. The van der Waals surface area contributed by atoms with E-state index in [2.05, 4.69) is 22.5 Å². The maximum absolute atomic E-state index is 15.0. The van der Waals surface area contributed by atoms with Gasteiger partial charge in [-0.1, -0.05) is 0 Å². The fourth-order valence-corrected chi connectivity index (χ4v) is 4.27. The van der Waals surface area contributed by atoms with Crippen LogP contribution in [0.2, 0.25) is 0 Å². The summed E-state index contributed by atoms with van der Waals surface area (Å²) in [5.41, 5.74) is 3.11. The highest BCUT2D eigenvalue weighted by Gasteiger charge is 2.28. The predicted molar refractivity (Wildman–Crippen MR) is 113 cm³/mol. The number of halogens is 1. The summed E-state index contributed by atoms with van der Waals surface area (Å²) in [7, 11) is 0. The molecule has 3 aliphatic rings. The maximum Gasteiger partial charge on any atom is 0.181 e. The van der Waals surface area contributed by atoms with E-state index in [1.165, 1.54) is 11.6 Å². The van der Waals surface area contributed by atoms with Crippen LogP contribution < -0.4 is 15.5 Å². The quantitative estimate of drug-likeness (QED) is 0.628. The third-order valence-electron chi connectivity index (χ3n) is 6.04. The van der Waals surface area contributed by atoms with Crippen LogP contribution in [0, 0.1) is 5.82 Å². The van der Waals surface area contributed by atoms with Gasteiger partial charge >= 0.3 is 0 Å². The molecule has 3 N–H and O–H groups in total. The van der Waals surface area contributed by atoms with Crippen molar-refractivity contribution in [3.05, 3.63) is 35.3 Å². The molecule has 160 valence electrons.